The third-order valence-electron chi connectivity index (χ3n) is 3.85. The molecule has 0 spiro atoms. The predicted octanol–water partition coefficient (Wildman–Crippen LogP) is 4.29. The zero-order valence-electron chi connectivity index (χ0n) is 11.0. The molecule has 1 saturated carbocycles. The van der Waals surface area contributed by atoms with Gasteiger partial charge >= 0.3 is 0 Å². The molecule has 0 saturated heterocycles. The van der Waals surface area contributed by atoms with E-state index in [1.165, 1.54) is 57.8 Å². The van der Waals surface area contributed by atoms with Crippen molar-refractivity contribution in [1.29, 1.82) is 0 Å². The lowest BCUT2D eigenvalue weighted by Gasteiger charge is -2.19. The molecule has 1 fully saturated rings. The molecule has 1 unspecified atom stereocenters. The van der Waals surface area contributed by atoms with Gasteiger partial charge in [0.25, 0.3) is 0 Å². The van der Waals surface area contributed by atoms with Crippen LogP contribution in [0.2, 0.25) is 0 Å². The number of allylic oxidation sites excluding steroid dienone is 1. The van der Waals surface area contributed by atoms with Crippen molar-refractivity contribution in [3.8, 4) is 0 Å². The van der Waals surface area contributed by atoms with Crippen LogP contribution in [0.5, 0.6) is 0 Å². The van der Waals surface area contributed by atoms with Gasteiger partial charge in [-0.25, -0.2) is 0 Å². The standard InChI is InChI=1S/C15H29N/c1-3-5-6-11-15(16-4-2)13-12-14-9-7-8-10-14/h3,14-16H,1,4-13H2,2H3. The minimum absolute atomic E-state index is 0.755. The SMILES string of the molecule is C=CCCCC(CCC1CCCC1)NCC. The summed E-state index contributed by atoms with van der Waals surface area (Å²) in [6.07, 6.45) is 14.6. The topological polar surface area (TPSA) is 12.0 Å². The molecular formula is C15H29N. The molecule has 0 aromatic rings. The van der Waals surface area contributed by atoms with Crippen LogP contribution in [0, 0.1) is 5.92 Å². The lowest BCUT2D eigenvalue weighted by Crippen LogP contribution is -2.29. The van der Waals surface area contributed by atoms with Crippen molar-refractivity contribution < 1.29 is 0 Å². The third-order valence-corrected chi connectivity index (χ3v) is 3.85. The van der Waals surface area contributed by atoms with E-state index >= 15 is 0 Å². The van der Waals surface area contributed by atoms with Gasteiger partial charge in [0.2, 0.25) is 0 Å². The predicted molar refractivity (Wildman–Crippen MR) is 72.7 cm³/mol. The second-order valence-electron chi connectivity index (χ2n) is 5.20. The summed E-state index contributed by atoms with van der Waals surface area (Å²) in [5, 5.41) is 3.63. The lowest BCUT2D eigenvalue weighted by molar-refractivity contribution is 0.389. The molecule has 1 atom stereocenters. The number of nitrogens with one attached hydrogen (secondary N) is 1. The quantitative estimate of drug-likeness (QED) is 0.454. The van der Waals surface area contributed by atoms with E-state index in [4.69, 9.17) is 0 Å². The summed E-state index contributed by atoms with van der Waals surface area (Å²) in [7, 11) is 0. The number of hydrogen-bond donors (Lipinski definition) is 1. The van der Waals surface area contributed by atoms with Crippen molar-refractivity contribution in [3.63, 3.8) is 0 Å². The van der Waals surface area contributed by atoms with Crippen LogP contribution in [0.1, 0.15) is 64.7 Å². The first-order chi connectivity index (χ1) is 7.86. The Bertz CT molecular complexity index is 170. The second kappa shape index (κ2) is 8.81. The number of rotatable bonds is 9. The normalized spacial score (nSPS) is 18.8. The first-order valence-electron chi connectivity index (χ1n) is 7.21. The second-order valence-corrected chi connectivity index (χ2v) is 5.20. The van der Waals surface area contributed by atoms with E-state index in [-0.39, 0.29) is 0 Å². The van der Waals surface area contributed by atoms with E-state index in [0.29, 0.717) is 0 Å². The van der Waals surface area contributed by atoms with E-state index in [1.807, 2.05) is 6.08 Å². The monoisotopic (exact) mass is 223 g/mol. The minimum Gasteiger partial charge on any atom is -0.314 e. The van der Waals surface area contributed by atoms with Gasteiger partial charge in [-0.2, -0.15) is 0 Å². The lowest BCUT2D eigenvalue weighted by atomic mass is 9.96. The Balaban J connectivity index is 2.12. The van der Waals surface area contributed by atoms with Crippen molar-refractivity contribution in [2.45, 2.75) is 70.8 Å². The van der Waals surface area contributed by atoms with Crippen LogP contribution < -0.4 is 5.32 Å². The Morgan fingerprint density at radius 3 is 2.69 bits per heavy atom. The molecule has 0 heterocycles. The molecular weight excluding hydrogens is 194 g/mol. The highest BCUT2D eigenvalue weighted by Gasteiger charge is 2.16. The molecule has 1 nitrogen and oxygen atoms in total. The Morgan fingerprint density at radius 2 is 2.06 bits per heavy atom. The molecule has 1 rings (SSSR count). The summed E-state index contributed by atoms with van der Waals surface area (Å²) < 4.78 is 0. The van der Waals surface area contributed by atoms with E-state index < -0.39 is 0 Å². The van der Waals surface area contributed by atoms with Crippen LogP contribution >= 0.6 is 0 Å². The van der Waals surface area contributed by atoms with Crippen LogP contribution in [-0.4, -0.2) is 12.6 Å². The average molecular weight is 223 g/mol. The molecule has 0 aromatic heterocycles. The van der Waals surface area contributed by atoms with Gasteiger partial charge in [0.1, 0.15) is 0 Å². The highest BCUT2D eigenvalue weighted by atomic mass is 14.9. The van der Waals surface area contributed by atoms with Gasteiger partial charge in [-0.3, -0.25) is 0 Å². The summed E-state index contributed by atoms with van der Waals surface area (Å²) in [4.78, 5) is 0. The fourth-order valence-corrected chi connectivity index (χ4v) is 2.88. The molecule has 0 aromatic carbocycles. The maximum Gasteiger partial charge on any atom is 0.00671 e. The fraction of sp³-hybridized carbons (Fsp3) is 0.867. The van der Waals surface area contributed by atoms with Crippen molar-refractivity contribution in [3.05, 3.63) is 12.7 Å². The van der Waals surface area contributed by atoms with Gasteiger partial charge in [-0.1, -0.05) is 38.7 Å². The third kappa shape index (κ3) is 5.69. The maximum atomic E-state index is 3.79. The Morgan fingerprint density at radius 1 is 1.31 bits per heavy atom. The van der Waals surface area contributed by atoms with Gasteiger partial charge < -0.3 is 5.32 Å². The molecule has 16 heavy (non-hydrogen) atoms. The van der Waals surface area contributed by atoms with Crippen LogP contribution in [0.25, 0.3) is 0 Å². The Hall–Kier alpha value is -0.300. The highest BCUT2D eigenvalue weighted by molar-refractivity contribution is 4.74. The summed E-state index contributed by atoms with van der Waals surface area (Å²) in [5.74, 6) is 1.04. The van der Waals surface area contributed by atoms with Crippen molar-refractivity contribution in [2.24, 2.45) is 5.92 Å². The molecule has 1 N–H and O–H groups in total. The van der Waals surface area contributed by atoms with E-state index in [2.05, 4.69) is 18.8 Å². The van der Waals surface area contributed by atoms with Gasteiger partial charge in [0, 0.05) is 6.04 Å². The minimum atomic E-state index is 0.755. The van der Waals surface area contributed by atoms with Crippen molar-refractivity contribution >= 4 is 0 Å². The van der Waals surface area contributed by atoms with Crippen LogP contribution in [0.3, 0.4) is 0 Å². The smallest absolute Gasteiger partial charge is 0.00671 e. The first kappa shape index (κ1) is 13.8. The zero-order chi connectivity index (χ0) is 11.6. The van der Waals surface area contributed by atoms with Crippen LogP contribution in [0.15, 0.2) is 12.7 Å². The highest BCUT2D eigenvalue weighted by Crippen LogP contribution is 2.29. The van der Waals surface area contributed by atoms with Gasteiger partial charge in [-0.05, 0) is 44.6 Å². The van der Waals surface area contributed by atoms with Gasteiger partial charge in [-0.15, -0.1) is 6.58 Å². The van der Waals surface area contributed by atoms with E-state index in [1.54, 1.807) is 0 Å². The average Bonchev–Trinajstić information content (AvgIpc) is 2.79. The molecule has 94 valence electrons. The number of unbranched alkanes of at least 4 members (excludes halogenated alkanes) is 1. The first-order valence-corrected chi connectivity index (χ1v) is 7.21. The fourth-order valence-electron chi connectivity index (χ4n) is 2.88. The maximum absolute atomic E-state index is 3.79. The molecule has 0 bridgehead atoms. The van der Waals surface area contributed by atoms with Crippen molar-refractivity contribution in [1.82, 2.24) is 5.32 Å². The van der Waals surface area contributed by atoms with Gasteiger partial charge in [0.05, 0.1) is 0 Å². The summed E-state index contributed by atoms with van der Waals surface area (Å²) in [6.45, 7) is 7.12. The van der Waals surface area contributed by atoms with Crippen LogP contribution in [-0.2, 0) is 0 Å². The molecule has 1 aliphatic carbocycles. The molecule has 0 amide bonds. The van der Waals surface area contributed by atoms with Crippen molar-refractivity contribution in [2.75, 3.05) is 6.54 Å². The summed E-state index contributed by atoms with van der Waals surface area (Å²) >= 11 is 0. The summed E-state index contributed by atoms with van der Waals surface area (Å²) in [5.41, 5.74) is 0. The van der Waals surface area contributed by atoms with E-state index in [0.717, 1.165) is 18.5 Å². The largest absolute Gasteiger partial charge is 0.314 e. The summed E-state index contributed by atoms with van der Waals surface area (Å²) in [6, 6.07) is 0.755. The Labute approximate surface area is 102 Å². The van der Waals surface area contributed by atoms with Gasteiger partial charge in [0.15, 0.2) is 0 Å². The van der Waals surface area contributed by atoms with Crippen LogP contribution in [0.4, 0.5) is 0 Å². The van der Waals surface area contributed by atoms with E-state index in [9.17, 15) is 0 Å². The zero-order valence-corrected chi connectivity index (χ0v) is 11.0. The molecule has 1 aliphatic rings. The number of hydrogen-bond acceptors (Lipinski definition) is 1. The molecule has 0 aliphatic heterocycles. The molecule has 1 heteroatoms. The molecule has 0 radical (unpaired) electrons. The Kier molecular flexibility index (Phi) is 7.58.